The zero-order valence-corrected chi connectivity index (χ0v) is 8.11. The number of Topliss-reactive ketones (excluding diaryl/α,β-unsaturated/α-hetero) is 2. The van der Waals surface area contributed by atoms with Crippen LogP contribution in [-0.2, 0) is 9.59 Å². The molecule has 62 valence electrons. The van der Waals surface area contributed by atoms with Gasteiger partial charge in [-0.2, -0.15) is 0 Å². The lowest BCUT2D eigenvalue weighted by molar-refractivity contribution is -0.130. The number of carbonyl (C=O) groups excluding carboxylic acids is 2. The van der Waals surface area contributed by atoms with Gasteiger partial charge in [0.25, 0.3) is 0 Å². The topological polar surface area (TPSA) is 34.1 Å². The number of hydrogen-bond donors (Lipinski definition) is 0. The molecule has 0 aliphatic heterocycles. The predicted molar refractivity (Wildman–Crippen MR) is 45.8 cm³/mol. The zero-order valence-electron chi connectivity index (χ0n) is 6.52. The van der Waals surface area contributed by atoms with Crippen molar-refractivity contribution in [3.63, 3.8) is 0 Å². The van der Waals surface area contributed by atoms with Gasteiger partial charge in [-0.25, -0.2) is 0 Å². The molecule has 0 N–H and O–H groups in total. The van der Waals surface area contributed by atoms with E-state index >= 15 is 0 Å². The van der Waals surface area contributed by atoms with E-state index in [1.54, 1.807) is 0 Å². The van der Waals surface area contributed by atoms with Gasteiger partial charge in [0, 0.05) is 6.42 Å². The van der Waals surface area contributed by atoms with E-state index in [0.717, 1.165) is 12.8 Å². The highest BCUT2D eigenvalue weighted by Crippen LogP contribution is 2.33. The van der Waals surface area contributed by atoms with Gasteiger partial charge in [-0.1, -0.05) is 22.4 Å². The minimum absolute atomic E-state index is 0.0521. The average Bonchev–Trinajstić information content (AvgIpc) is 1.95. The summed E-state index contributed by atoms with van der Waals surface area (Å²) in [4.78, 5) is 22.4. The Kier molecular flexibility index (Phi) is 2.47. The van der Waals surface area contributed by atoms with E-state index in [4.69, 9.17) is 0 Å². The Morgan fingerprint density at radius 1 is 1.55 bits per heavy atom. The van der Waals surface area contributed by atoms with Crippen molar-refractivity contribution in [1.29, 1.82) is 0 Å². The summed E-state index contributed by atoms with van der Waals surface area (Å²) in [5.41, 5.74) is 0. The van der Waals surface area contributed by atoms with Crippen molar-refractivity contribution in [2.45, 2.75) is 36.9 Å². The molecule has 0 heterocycles. The van der Waals surface area contributed by atoms with Crippen molar-refractivity contribution >= 4 is 27.5 Å². The predicted octanol–water partition coefficient (Wildman–Crippen LogP) is 1.85. The van der Waals surface area contributed by atoms with Crippen LogP contribution in [0, 0.1) is 0 Å². The maximum atomic E-state index is 11.3. The Morgan fingerprint density at radius 2 is 2.18 bits per heavy atom. The molecule has 0 radical (unpaired) electrons. The minimum Gasteiger partial charge on any atom is -0.298 e. The van der Waals surface area contributed by atoms with Crippen LogP contribution in [0.1, 0.15) is 32.6 Å². The number of alkyl halides is 1. The molecule has 2 nitrogen and oxygen atoms in total. The Balaban J connectivity index is 2.81. The molecule has 1 rings (SSSR count). The third-order valence-electron chi connectivity index (χ3n) is 2.18. The highest BCUT2D eigenvalue weighted by atomic mass is 79.9. The molecule has 1 aliphatic carbocycles. The fraction of sp³-hybridized carbons (Fsp3) is 0.750. The minimum atomic E-state index is -0.828. The summed E-state index contributed by atoms with van der Waals surface area (Å²) in [5, 5.41) is 0. The molecule has 1 aliphatic rings. The van der Waals surface area contributed by atoms with E-state index in [-0.39, 0.29) is 11.6 Å². The molecule has 0 aromatic carbocycles. The van der Waals surface area contributed by atoms with Gasteiger partial charge in [-0.05, 0) is 19.8 Å². The summed E-state index contributed by atoms with van der Waals surface area (Å²) < 4.78 is -0.828. The van der Waals surface area contributed by atoms with Gasteiger partial charge in [-0.15, -0.1) is 0 Å². The average molecular weight is 219 g/mol. The molecule has 11 heavy (non-hydrogen) atoms. The molecule has 0 spiro atoms. The van der Waals surface area contributed by atoms with Gasteiger partial charge in [0.05, 0.1) is 0 Å². The van der Waals surface area contributed by atoms with E-state index in [2.05, 4.69) is 15.9 Å². The van der Waals surface area contributed by atoms with Crippen LogP contribution < -0.4 is 0 Å². The normalized spacial score (nSPS) is 32.0. The number of hydrogen-bond acceptors (Lipinski definition) is 2. The standard InChI is InChI=1S/C8H11BrO2/c1-6(10)8(9)5-3-2-4-7(8)11/h2-5H2,1H3. The van der Waals surface area contributed by atoms with E-state index in [0.29, 0.717) is 12.8 Å². The van der Waals surface area contributed by atoms with Crippen molar-refractivity contribution in [2.24, 2.45) is 0 Å². The van der Waals surface area contributed by atoms with Crippen LogP contribution in [0.5, 0.6) is 0 Å². The van der Waals surface area contributed by atoms with Crippen molar-refractivity contribution in [3.05, 3.63) is 0 Å². The molecule has 1 atom stereocenters. The van der Waals surface area contributed by atoms with Crippen LogP contribution in [0.3, 0.4) is 0 Å². The van der Waals surface area contributed by atoms with Crippen LogP contribution in [0.2, 0.25) is 0 Å². The van der Waals surface area contributed by atoms with Crippen molar-refractivity contribution in [3.8, 4) is 0 Å². The molecule has 3 heteroatoms. The second kappa shape index (κ2) is 3.05. The van der Waals surface area contributed by atoms with Crippen molar-refractivity contribution < 1.29 is 9.59 Å². The van der Waals surface area contributed by atoms with E-state index in [1.807, 2.05) is 0 Å². The van der Waals surface area contributed by atoms with E-state index in [9.17, 15) is 9.59 Å². The Morgan fingerprint density at radius 3 is 2.55 bits per heavy atom. The lowest BCUT2D eigenvalue weighted by atomic mass is 9.85. The SMILES string of the molecule is CC(=O)C1(Br)CCCCC1=O. The maximum absolute atomic E-state index is 11.3. The summed E-state index contributed by atoms with van der Waals surface area (Å²) in [6, 6.07) is 0. The van der Waals surface area contributed by atoms with Gasteiger partial charge in [0.15, 0.2) is 11.6 Å². The van der Waals surface area contributed by atoms with Gasteiger partial charge in [0.1, 0.15) is 4.32 Å². The smallest absolute Gasteiger partial charge is 0.157 e. The van der Waals surface area contributed by atoms with Crippen LogP contribution in [-0.4, -0.2) is 15.9 Å². The lowest BCUT2D eigenvalue weighted by Crippen LogP contribution is -2.41. The number of rotatable bonds is 1. The quantitative estimate of drug-likeness (QED) is 0.498. The molecule has 0 saturated heterocycles. The fourth-order valence-electron chi connectivity index (χ4n) is 1.36. The molecule has 0 aromatic rings. The summed E-state index contributed by atoms with van der Waals surface area (Å²) in [6.45, 7) is 1.47. The van der Waals surface area contributed by atoms with Crippen LogP contribution in [0.4, 0.5) is 0 Å². The van der Waals surface area contributed by atoms with Gasteiger partial charge < -0.3 is 0 Å². The molecular weight excluding hydrogens is 208 g/mol. The Bertz CT molecular complexity index is 200. The first kappa shape index (κ1) is 8.91. The van der Waals surface area contributed by atoms with E-state index in [1.165, 1.54) is 6.92 Å². The highest BCUT2D eigenvalue weighted by Gasteiger charge is 2.41. The highest BCUT2D eigenvalue weighted by molar-refractivity contribution is 9.10. The third-order valence-corrected chi connectivity index (χ3v) is 3.57. The largest absolute Gasteiger partial charge is 0.298 e. The molecule has 0 amide bonds. The molecular formula is C8H11BrO2. The Labute approximate surface area is 74.5 Å². The third kappa shape index (κ3) is 1.53. The molecule has 1 saturated carbocycles. The molecule has 0 bridgehead atoms. The van der Waals surface area contributed by atoms with Crippen LogP contribution in [0.15, 0.2) is 0 Å². The Hall–Kier alpha value is -0.180. The second-order valence-corrected chi connectivity index (χ2v) is 4.34. The molecule has 1 fully saturated rings. The van der Waals surface area contributed by atoms with Gasteiger partial charge in [-0.3, -0.25) is 9.59 Å². The monoisotopic (exact) mass is 218 g/mol. The summed E-state index contributed by atoms with van der Waals surface area (Å²) in [6.07, 6.45) is 3.11. The molecule has 1 unspecified atom stereocenters. The van der Waals surface area contributed by atoms with Gasteiger partial charge >= 0.3 is 0 Å². The first-order chi connectivity index (χ1) is 5.07. The van der Waals surface area contributed by atoms with E-state index < -0.39 is 4.32 Å². The number of ketones is 2. The summed E-state index contributed by atoms with van der Waals surface area (Å²) in [5.74, 6) is -0.00144. The van der Waals surface area contributed by atoms with Crippen LogP contribution >= 0.6 is 15.9 Å². The first-order valence-corrected chi connectivity index (χ1v) is 4.60. The fourth-order valence-corrected chi connectivity index (χ4v) is 1.84. The maximum Gasteiger partial charge on any atom is 0.157 e. The van der Waals surface area contributed by atoms with Crippen LogP contribution in [0.25, 0.3) is 0 Å². The molecule has 0 aromatic heterocycles. The zero-order chi connectivity index (χ0) is 8.48. The second-order valence-electron chi connectivity index (χ2n) is 2.99. The first-order valence-electron chi connectivity index (χ1n) is 3.80. The van der Waals surface area contributed by atoms with Crippen molar-refractivity contribution in [2.75, 3.05) is 0 Å². The van der Waals surface area contributed by atoms with Gasteiger partial charge in [0.2, 0.25) is 0 Å². The van der Waals surface area contributed by atoms with Crippen molar-refractivity contribution in [1.82, 2.24) is 0 Å². The summed E-state index contributed by atoms with van der Waals surface area (Å²) in [7, 11) is 0. The lowest BCUT2D eigenvalue weighted by Gasteiger charge is -2.26. The number of halogens is 1. The summed E-state index contributed by atoms with van der Waals surface area (Å²) >= 11 is 3.23. The number of carbonyl (C=O) groups is 2.